The highest BCUT2D eigenvalue weighted by atomic mass is 35.5. The fourth-order valence-electron chi connectivity index (χ4n) is 3.35. The molecule has 0 aliphatic rings. The van der Waals surface area contributed by atoms with E-state index in [-0.39, 0.29) is 29.4 Å². The van der Waals surface area contributed by atoms with Gasteiger partial charge in [-0.1, -0.05) is 41.9 Å². The van der Waals surface area contributed by atoms with Crippen LogP contribution < -0.4 is 10.6 Å². The smallest absolute Gasteiger partial charge is 0.256 e. The molecule has 2 N–H and O–H groups in total. The lowest BCUT2D eigenvalue weighted by Gasteiger charge is -2.11. The summed E-state index contributed by atoms with van der Waals surface area (Å²) in [6, 6.07) is 25.1. The van der Waals surface area contributed by atoms with Gasteiger partial charge in [0.05, 0.1) is 17.8 Å². The molecular formula is C27H20ClN3O3. The number of hydrogen-bond acceptors (Lipinski definition) is 4. The van der Waals surface area contributed by atoms with Gasteiger partial charge < -0.3 is 10.6 Å². The average Bonchev–Trinajstić information content (AvgIpc) is 2.88. The van der Waals surface area contributed by atoms with Crippen LogP contribution in [0.4, 0.5) is 5.69 Å². The number of nitrogens with one attached hydrogen (secondary N) is 2. The minimum Gasteiger partial charge on any atom is -0.346 e. The van der Waals surface area contributed by atoms with E-state index in [1.165, 1.54) is 0 Å². The van der Waals surface area contributed by atoms with Crippen LogP contribution in [0.25, 0.3) is 0 Å². The zero-order valence-corrected chi connectivity index (χ0v) is 18.8. The monoisotopic (exact) mass is 469 g/mol. The summed E-state index contributed by atoms with van der Waals surface area (Å²) in [6.45, 7) is 0.288. The molecule has 0 radical (unpaired) electrons. The number of ketones is 1. The standard InChI is InChI=1S/C27H20ClN3O3/c28-20-13-11-18(12-14-20)25(32)23-9-1-2-10-24(23)27(34)31-21-8-5-6-19(16-21)26(33)30-17-22-7-3-4-15-29-22/h1-16H,17H2,(H,30,33)(H,31,34). The van der Waals surface area contributed by atoms with Crippen LogP contribution in [-0.2, 0) is 6.54 Å². The van der Waals surface area contributed by atoms with E-state index in [0.29, 0.717) is 21.8 Å². The average molecular weight is 470 g/mol. The SMILES string of the molecule is O=C(NCc1ccccn1)c1cccc(NC(=O)c2ccccc2C(=O)c2ccc(Cl)cc2)c1. The van der Waals surface area contributed by atoms with Gasteiger partial charge in [-0.05, 0) is 60.7 Å². The van der Waals surface area contributed by atoms with Crippen LogP contribution in [0.3, 0.4) is 0 Å². The van der Waals surface area contributed by atoms with Crippen LogP contribution in [0, 0.1) is 0 Å². The van der Waals surface area contributed by atoms with E-state index >= 15 is 0 Å². The zero-order chi connectivity index (χ0) is 23.9. The third-order valence-electron chi connectivity index (χ3n) is 5.06. The number of benzene rings is 3. The van der Waals surface area contributed by atoms with Crippen molar-refractivity contribution in [2.45, 2.75) is 6.54 Å². The predicted octanol–water partition coefficient (Wildman–Crippen LogP) is 5.15. The van der Waals surface area contributed by atoms with Gasteiger partial charge in [-0.2, -0.15) is 0 Å². The molecule has 0 saturated carbocycles. The molecule has 4 aromatic rings. The molecular weight excluding hydrogens is 450 g/mol. The van der Waals surface area contributed by atoms with Gasteiger partial charge in [0, 0.05) is 33.6 Å². The molecule has 1 aromatic heterocycles. The van der Waals surface area contributed by atoms with Crippen LogP contribution in [0.2, 0.25) is 5.02 Å². The summed E-state index contributed by atoms with van der Waals surface area (Å²) in [7, 11) is 0. The highest BCUT2D eigenvalue weighted by molar-refractivity contribution is 6.30. The van der Waals surface area contributed by atoms with Crippen molar-refractivity contribution in [3.63, 3.8) is 0 Å². The van der Waals surface area contributed by atoms with Gasteiger partial charge in [0.1, 0.15) is 0 Å². The maximum absolute atomic E-state index is 13.0. The van der Waals surface area contributed by atoms with Gasteiger partial charge in [-0.15, -0.1) is 0 Å². The van der Waals surface area contributed by atoms with Gasteiger partial charge in [0.15, 0.2) is 5.78 Å². The second kappa shape index (κ2) is 10.6. The molecule has 0 spiro atoms. The summed E-state index contributed by atoms with van der Waals surface area (Å²) in [5, 5.41) is 6.10. The number of aromatic nitrogens is 1. The Morgan fingerprint density at radius 3 is 2.21 bits per heavy atom. The quantitative estimate of drug-likeness (QED) is 0.366. The summed E-state index contributed by atoms with van der Waals surface area (Å²) in [4.78, 5) is 42.7. The third-order valence-corrected chi connectivity index (χ3v) is 5.31. The number of rotatable bonds is 7. The van der Waals surface area contributed by atoms with Crippen LogP contribution >= 0.6 is 11.6 Å². The van der Waals surface area contributed by atoms with Crippen LogP contribution in [0.5, 0.6) is 0 Å². The van der Waals surface area contributed by atoms with Crippen LogP contribution in [0.1, 0.15) is 42.3 Å². The highest BCUT2D eigenvalue weighted by Gasteiger charge is 2.18. The van der Waals surface area contributed by atoms with Crippen molar-refractivity contribution in [1.82, 2.24) is 10.3 Å². The molecule has 0 fully saturated rings. The number of halogens is 1. The first-order valence-corrected chi connectivity index (χ1v) is 10.9. The summed E-state index contributed by atoms with van der Waals surface area (Å²) < 4.78 is 0. The molecule has 4 rings (SSSR count). The van der Waals surface area contributed by atoms with E-state index < -0.39 is 5.91 Å². The van der Waals surface area contributed by atoms with Crippen LogP contribution in [0.15, 0.2) is 97.2 Å². The lowest BCUT2D eigenvalue weighted by atomic mass is 9.98. The number of amides is 2. The Bertz CT molecular complexity index is 1340. The number of carbonyl (C=O) groups excluding carboxylic acids is 3. The van der Waals surface area contributed by atoms with Gasteiger partial charge in [0.2, 0.25) is 0 Å². The minimum absolute atomic E-state index is 0.229. The Hall–Kier alpha value is -4.29. The number of pyridine rings is 1. The Labute approximate surface area is 201 Å². The first kappa shape index (κ1) is 22.9. The number of carbonyl (C=O) groups is 3. The normalized spacial score (nSPS) is 10.4. The minimum atomic E-state index is -0.455. The lowest BCUT2D eigenvalue weighted by molar-refractivity contribution is 0.0949. The molecule has 0 bridgehead atoms. The van der Waals surface area contributed by atoms with Crippen molar-refractivity contribution in [1.29, 1.82) is 0 Å². The fraction of sp³-hybridized carbons (Fsp3) is 0.0370. The van der Waals surface area contributed by atoms with E-state index in [9.17, 15) is 14.4 Å². The molecule has 0 unspecified atom stereocenters. The Morgan fingerprint density at radius 1 is 0.735 bits per heavy atom. The van der Waals surface area contributed by atoms with E-state index in [2.05, 4.69) is 15.6 Å². The van der Waals surface area contributed by atoms with E-state index in [1.807, 2.05) is 12.1 Å². The third kappa shape index (κ3) is 5.54. The molecule has 6 nitrogen and oxygen atoms in total. The predicted molar refractivity (Wildman–Crippen MR) is 131 cm³/mol. The number of anilines is 1. The maximum Gasteiger partial charge on any atom is 0.256 e. The van der Waals surface area contributed by atoms with Gasteiger partial charge in [0.25, 0.3) is 11.8 Å². The van der Waals surface area contributed by atoms with Gasteiger partial charge >= 0.3 is 0 Å². The van der Waals surface area contributed by atoms with Crippen molar-refractivity contribution >= 4 is 34.9 Å². The topological polar surface area (TPSA) is 88.2 Å². The first-order valence-electron chi connectivity index (χ1n) is 10.5. The fourth-order valence-corrected chi connectivity index (χ4v) is 3.47. The Kier molecular flexibility index (Phi) is 7.10. The largest absolute Gasteiger partial charge is 0.346 e. The summed E-state index contributed by atoms with van der Waals surface area (Å²) in [5.74, 6) is -1.03. The lowest BCUT2D eigenvalue weighted by Crippen LogP contribution is -2.23. The van der Waals surface area contributed by atoms with E-state index in [4.69, 9.17) is 11.6 Å². The summed E-state index contributed by atoms with van der Waals surface area (Å²) in [5.41, 5.74) is 2.49. The van der Waals surface area contributed by atoms with Crippen LogP contribution in [-0.4, -0.2) is 22.6 Å². The molecule has 3 aromatic carbocycles. The molecule has 2 amide bonds. The van der Waals surface area contributed by atoms with Crippen molar-refractivity contribution in [2.24, 2.45) is 0 Å². The van der Waals surface area contributed by atoms with Gasteiger partial charge in [-0.3, -0.25) is 19.4 Å². The Morgan fingerprint density at radius 2 is 1.47 bits per heavy atom. The molecule has 0 aliphatic heterocycles. The van der Waals surface area contributed by atoms with Crippen molar-refractivity contribution in [3.8, 4) is 0 Å². The molecule has 168 valence electrons. The summed E-state index contributed by atoms with van der Waals surface area (Å²) >= 11 is 5.91. The van der Waals surface area contributed by atoms with Crippen molar-refractivity contribution < 1.29 is 14.4 Å². The van der Waals surface area contributed by atoms with Gasteiger partial charge in [-0.25, -0.2) is 0 Å². The molecule has 34 heavy (non-hydrogen) atoms. The molecule has 0 aliphatic carbocycles. The Balaban J connectivity index is 1.49. The zero-order valence-electron chi connectivity index (χ0n) is 18.0. The molecule has 0 saturated heterocycles. The second-order valence-corrected chi connectivity index (χ2v) is 7.86. The molecule has 7 heteroatoms. The number of hydrogen-bond donors (Lipinski definition) is 2. The summed E-state index contributed by atoms with van der Waals surface area (Å²) in [6.07, 6.45) is 1.66. The second-order valence-electron chi connectivity index (χ2n) is 7.42. The number of nitrogens with zero attached hydrogens (tertiary/aromatic N) is 1. The van der Waals surface area contributed by atoms with E-state index in [0.717, 1.165) is 5.69 Å². The van der Waals surface area contributed by atoms with Crippen molar-refractivity contribution in [2.75, 3.05) is 5.32 Å². The molecule has 1 heterocycles. The molecule has 0 atom stereocenters. The van der Waals surface area contributed by atoms with Crippen molar-refractivity contribution in [3.05, 3.63) is 130 Å². The van der Waals surface area contributed by atoms with E-state index in [1.54, 1.807) is 85.1 Å². The highest BCUT2D eigenvalue weighted by Crippen LogP contribution is 2.19. The first-order chi connectivity index (χ1) is 16.5. The maximum atomic E-state index is 13.0.